The van der Waals surface area contributed by atoms with E-state index in [0.29, 0.717) is 17.8 Å². The highest BCUT2D eigenvalue weighted by molar-refractivity contribution is 7.89. The van der Waals surface area contributed by atoms with Gasteiger partial charge in [0.05, 0.1) is 11.4 Å². The number of carbonyl (C=O) groups excluding carboxylic acids is 1. The molecule has 0 radical (unpaired) electrons. The van der Waals surface area contributed by atoms with Crippen LogP contribution in [0.1, 0.15) is 21.5 Å². The molecule has 0 unspecified atom stereocenters. The molecule has 2 aromatic carbocycles. The zero-order valence-corrected chi connectivity index (χ0v) is 16.8. The Labute approximate surface area is 164 Å². The monoisotopic (exact) mass is 398 g/mol. The van der Waals surface area contributed by atoms with Crippen molar-refractivity contribution in [1.82, 2.24) is 14.1 Å². The predicted octanol–water partition coefficient (Wildman–Crippen LogP) is 2.74. The van der Waals surface area contributed by atoms with Gasteiger partial charge in [-0.3, -0.25) is 9.48 Å². The zero-order chi connectivity index (χ0) is 20.3. The molecule has 1 N–H and O–H groups in total. The van der Waals surface area contributed by atoms with E-state index in [-0.39, 0.29) is 10.8 Å². The summed E-state index contributed by atoms with van der Waals surface area (Å²) in [6.45, 7) is 2.44. The highest BCUT2D eigenvalue weighted by Crippen LogP contribution is 2.22. The maximum absolute atomic E-state index is 12.6. The molecule has 3 rings (SSSR count). The topological polar surface area (TPSA) is 84.3 Å². The Balaban J connectivity index is 1.77. The number of benzene rings is 2. The van der Waals surface area contributed by atoms with Crippen molar-refractivity contribution in [3.8, 4) is 0 Å². The minimum absolute atomic E-state index is 0.132. The third-order valence-electron chi connectivity index (χ3n) is 4.36. The average molecular weight is 398 g/mol. The molecule has 0 bridgehead atoms. The van der Waals surface area contributed by atoms with Gasteiger partial charge in [-0.15, -0.1) is 0 Å². The van der Waals surface area contributed by atoms with E-state index in [0.717, 1.165) is 15.4 Å². The van der Waals surface area contributed by atoms with E-state index in [2.05, 4.69) is 10.4 Å². The Morgan fingerprint density at radius 1 is 1.14 bits per heavy atom. The fourth-order valence-electron chi connectivity index (χ4n) is 2.64. The molecule has 0 fully saturated rings. The molecule has 28 heavy (non-hydrogen) atoms. The Morgan fingerprint density at radius 2 is 1.86 bits per heavy atom. The fourth-order valence-corrected chi connectivity index (χ4v) is 3.57. The van der Waals surface area contributed by atoms with Gasteiger partial charge in [-0.1, -0.05) is 18.2 Å². The Bertz CT molecular complexity index is 1070. The molecule has 3 aromatic rings. The molecule has 146 valence electrons. The molecule has 7 nitrogen and oxygen atoms in total. The van der Waals surface area contributed by atoms with Crippen LogP contribution in [0.25, 0.3) is 0 Å². The second kappa shape index (κ2) is 7.95. The summed E-state index contributed by atoms with van der Waals surface area (Å²) in [6.07, 6.45) is 3.59. The molecule has 0 atom stereocenters. The molecule has 0 aliphatic carbocycles. The molecule has 0 saturated heterocycles. The molecule has 1 heterocycles. The first-order valence-electron chi connectivity index (χ1n) is 8.68. The van der Waals surface area contributed by atoms with Crippen molar-refractivity contribution in [2.45, 2.75) is 18.4 Å². The van der Waals surface area contributed by atoms with E-state index in [1.807, 2.05) is 31.3 Å². The Morgan fingerprint density at radius 3 is 2.46 bits per heavy atom. The van der Waals surface area contributed by atoms with Gasteiger partial charge in [-0.25, -0.2) is 12.7 Å². The summed E-state index contributed by atoms with van der Waals surface area (Å²) in [7, 11) is -0.632. The standard InChI is InChI=1S/C20H22N4O3S/c1-15-5-10-18(28(26,27)23(2)3)13-19(15)22-20(25)17-8-6-16(7-9-17)14-24-12-4-11-21-24/h4-13H,14H2,1-3H3,(H,22,25). The summed E-state index contributed by atoms with van der Waals surface area (Å²) < 4.78 is 27.6. The lowest BCUT2D eigenvalue weighted by molar-refractivity contribution is 0.102. The number of hydrogen-bond donors (Lipinski definition) is 1. The molecular weight excluding hydrogens is 376 g/mol. The highest BCUT2D eigenvalue weighted by atomic mass is 32.2. The largest absolute Gasteiger partial charge is 0.322 e. The quantitative estimate of drug-likeness (QED) is 0.692. The van der Waals surface area contributed by atoms with Crippen LogP contribution in [0.15, 0.2) is 65.8 Å². The Hall–Kier alpha value is -2.97. The summed E-state index contributed by atoms with van der Waals surface area (Å²) in [5.74, 6) is -0.298. The number of hydrogen-bond acceptors (Lipinski definition) is 4. The first-order valence-corrected chi connectivity index (χ1v) is 10.1. The summed E-state index contributed by atoms with van der Waals surface area (Å²) in [5, 5.41) is 6.96. The second-order valence-corrected chi connectivity index (χ2v) is 8.77. The first-order chi connectivity index (χ1) is 13.3. The number of aryl methyl sites for hydroxylation is 1. The SMILES string of the molecule is Cc1ccc(S(=O)(=O)N(C)C)cc1NC(=O)c1ccc(Cn2cccn2)cc1. The molecule has 0 aliphatic heterocycles. The van der Waals surface area contributed by atoms with Gasteiger partial charge in [0.2, 0.25) is 10.0 Å². The predicted molar refractivity (Wildman–Crippen MR) is 108 cm³/mol. The van der Waals surface area contributed by atoms with Crippen LogP contribution >= 0.6 is 0 Å². The second-order valence-electron chi connectivity index (χ2n) is 6.62. The van der Waals surface area contributed by atoms with Crippen molar-refractivity contribution in [2.24, 2.45) is 0 Å². The van der Waals surface area contributed by atoms with Crippen LogP contribution in [0.2, 0.25) is 0 Å². The van der Waals surface area contributed by atoms with Gasteiger partial charge in [0.15, 0.2) is 0 Å². The number of carbonyl (C=O) groups is 1. The van der Waals surface area contributed by atoms with E-state index in [1.54, 1.807) is 29.1 Å². The third kappa shape index (κ3) is 4.29. The van der Waals surface area contributed by atoms with E-state index < -0.39 is 10.0 Å². The zero-order valence-electron chi connectivity index (χ0n) is 16.0. The summed E-state index contributed by atoms with van der Waals surface area (Å²) >= 11 is 0. The van der Waals surface area contributed by atoms with E-state index in [9.17, 15) is 13.2 Å². The van der Waals surface area contributed by atoms with Gasteiger partial charge in [-0.05, 0) is 48.4 Å². The molecule has 0 aliphatic rings. The Kier molecular flexibility index (Phi) is 5.62. The number of sulfonamides is 1. The molecule has 0 spiro atoms. The lowest BCUT2D eigenvalue weighted by Gasteiger charge is -2.14. The summed E-state index contributed by atoms with van der Waals surface area (Å²) in [4.78, 5) is 12.7. The van der Waals surface area contributed by atoms with Crippen LogP contribution in [0.4, 0.5) is 5.69 Å². The molecule has 1 amide bonds. The van der Waals surface area contributed by atoms with Crippen LogP contribution < -0.4 is 5.32 Å². The van der Waals surface area contributed by atoms with Crippen molar-refractivity contribution in [3.05, 3.63) is 77.6 Å². The maximum atomic E-state index is 12.6. The van der Waals surface area contributed by atoms with Crippen LogP contribution in [-0.2, 0) is 16.6 Å². The van der Waals surface area contributed by atoms with Gasteiger partial charge in [-0.2, -0.15) is 5.10 Å². The van der Waals surface area contributed by atoms with Crippen molar-refractivity contribution in [1.29, 1.82) is 0 Å². The van der Waals surface area contributed by atoms with Crippen LogP contribution in [0, 0.1) is 6.92 Å². The van der Waals surface area contributed by atoms with Crippen LogP contribution in [0.3, 0.4) is 0 Å². The smallest absolute Gasteiger partial charge is 0.255 e. The fraction of sp³-hybridized carbons (Fsp3) is 0.200. The number of nitrogens with zero attached hydrogens (tertiary/aromatic N) is 3. The van der Waals surface area contributed by atoms with Gasteiger partial charge in [0.1, 0.15) is 0 Å². The number of aromatic nitrogens is 2. The van der Waals surface area contributed by atoms with E-state index in [4.69, 9.17) is 0 Å². The van der Waals surface area contributed by atoms with E-state index in [1.165, 1.54) is 26.2 Å². The lowest BCUT2D eigenvalue weighted by Crippen LogP contribution is -2.22. The third-order valence-corrected chi connectivity index (χ3v) is 6.17. The van der Waals surface area contributed by atoms with Crippen molar-refractivity contribution in [3.63, 3.8) is 0 Å². The minimum Gasteiger partial charge on any atom is -0.322 e. The number of anilines is 1. The van der Waals surface area contributed by atoms with E-state index >= 15 is 0 Å². The average Bonchev–Trinajstić information content (AvgIpc) is 3.16. The molecular formula is C20H22N4O3S. The molecule has 8 heteroatoms. The minimum atomic E-state index is -3.57. The summed E-state index contributed by atoms with van der Waals surface area (Å²) in [5.41, 5.74) is 2.76. The van der Waals surface area contributed by atoms with Crippen LogP contribution in [-0.4, -0.2) is 42.5 Å². The first kappa shape index (κ1) is 19.8. The van der Waals surface area contributed by atoms with Crippen molar-refractivity contribution < 1.29 is 13.2 Å². The lowest BCUT2D eigenvalue weighted by atomic mass is 10.1. The maximum Gasteiger partial charge on any atom is 0.255 e. The highest BCUT2D eigenvalue weighted by Gasteiger charge is 2.19. The van der Waals surface area contributed by atoms with Gasteiger partial charge >= 0.3 is 0 Å². The van der Waals surface area contributed by atoms with Crippen molar-refractivity contribution in [2.75, 3.05) is 19.4 Å². The normalized spacial score (nSPS) is 11.6. The van der Waals surface area contributed by atoms with Crippen molar-refractivity contribution >= 4 is 21.6 Å². The number of rotatable bonds is 6. The summed E-state index contributed by atoms with van der Waals surface area (Å²) in [6, 6.07) is 13.8. The van der Waals surface area contributed by atoms with Gasteiger partial charge < -0.3 is 5.32 Å². The molecule has 0 saturated carbocycles. The number of amides is 1. The van der Waals surface area contributed by atoms with Crippen LogP contribution in [0.5, 0.6) is 0 Å². The molecule has 1 aromatic heterocycles. The number of nitrogens with one attached hydrogen (secondary N) is 1. The van der Waals surface area contributed by atoms with Gasteiger partial charge in [0, 0.05) is 37.7 Å². The van der Waals surface area contributed by atoms with Gasteiger partial charge in [0.25, 0.3) is 5.91 Å².